The third kappa shape index (κ3) is 4.25. The lowest BCUT2D eigenvalue weighted by Gasteiger charge is -2.39. The topological polar surface area (TPSA) is 82.5 Å². The lowest BCUT2D eigenvalue weighted by molar-refractivity contribution is -0.0716. The van der Waals surface area contributed by atoms with Gasteiger partial charge in [-0.2, -0.15) is 0 Å². The van der Waals surface area contributed by atoms with Gasteiger partial charge in [0.15, 0.2) is 11.5 Å². The van der Waals surface area contributed by atoms with Crippen molar-refractivity contribution in [1.82, 2.24) is 15.2 Å². The summed E-state index contributed by atoms with van der Waals surface area (Å²) >= 11 is 5.61. The van der Waals surface area contributed by atoms with Crippen LogP contribution in [-0.4, -0.2) is 52.0 Å². The first-order valence-electron chi connectivity index (χ1n) is 6.67. The number of hydrogen-bond acceptors (Lipinski definition) is 3. The van der Waals surface area contributed by atoms with Gasteiger partial charge < -0.3 is 15.3 Å². The van der Waals surface area contributed by atoms with Crippen molar-refractivity contribution in [1.29, 1.82) is 0 Å². The number of alkyl halides is 2. The second kappa shape index (κ2) is 6.61. The zero-order valence-corrected chi connectivity index (χ0v) is 12.5. The average Bonchev–Trinajstić information content (AvgIpc) is 2.47. The molecule has 10 heteroatoms. The summed E-state index contributed by atoms with van der Waals surface area (Å²) in [4.78, 5) is 27.2. The highest BCUT2D eigenvalue weighted by molar-refractivity contribution is 6.29. The Hall–Kier alpha value is -2.03. The van der Waals surface area contributed by atoms with Crippen LogP contribution in [0, 0.1) is 5.82 Å². The Bertz CT molecular complexity index is 630. The molecule has 126 valence electrons. The van der Waals surface area contributed by atoms with Crippen molar-refractivity contribution in [2.24, 2.45) is 0 Å². The van der Waals surface area contributed by atoms with Crippen molar-refractivity contribution < 1.29 is 27.9 Å². The first-order valence-corrected chi connectivity index (χ1v) is 7.05. The molecule has 23 heavy (non-hydrogen) atoms. The van der Waals surface area contributed by atoms with Crippen LogP contribution in [0.3, 0.4) is 0 Å². The molecule has 2 rings (SSSR count). The summed E-state index contributed by atoms with van der Waals surface area (Å²) in [6, 6.07) is 1.22. The summed E-state index contributed by atoms with van der Waals surface area (Å²) < 4.78 is 41.0. The number of nitrogens with one attached hydrogen (secondary N) is 1. The number of halogens is 4. The fourth-order valence-electron chi connectivity index (χ4n) is 2.35. The van der Waals surface area contributed by atoms with E-state index in [0.717, 1.165) is 17.0 Å². The number of hydrogen-bond donors (Lipinski definition) is 2. The summed E-state index contributed by atoms with van der Waals surface area (Å²) in [5.74, 6) is -5.18. The molecule has 1 aromatic rings. The average molecular weight is 352 g/mol. The molecule has 2 amide bonds. The van der Waals surface area contributed by atoms with Crippen LogP contribution in [0.1, 0.15) is 23.3 Å². The largest absolute Gasteiger partial charge is 0.465 e. The highest BCUT2D eigenvalue weighted by Crippen LogP contribution is 2.31. The van der Waals surface area contributed by atoms with Crippen LogP contribution >= 0.6 is 11.6 Å². The number of amides is 2. The summed E-state index contributed by atoms with van der Waals surface area (Å²) in [5, 5.41) is 10.5. The van der Waals surface area contributed by atoms with E-state index in [1.807, 2.05) is 5.32 Å². The number of aromatic nitrogens is 1. The smallest absolute Gasteiger partial charge is 0.404 e. The third-order valence-electron chi connectivity index (χ3n) is 3.45. The maximum Gasteiger partial charge on any atom is 0.404 e. The monoisotopic (exact) mass is 351 g/mol. The number of carbonyl (C=O) groups excluding carboxylic acids is 1. The van der Waals surface area contributed by atoms with Gasteiger partial charge in [-0.15, -0.1) is 0 Å². The van der Waals surface area contributed by atoms with E-state index in [2.05, 4.69) is 4.98 Å². The van der Waals surface area contributed by atoms with E-state index in [-0.39, 0.29) is 18.1 Å². The summed E-state index contributed by atoms with van der Waals surface area (Å²) in [5.41, 5.74) is -0.671. The molecule has 2 heterocycles. The highest BCUT2D eigenvalue weighted by Gasteiger charge is 2.43. The minimum Gasteiger partial charge on any atom is -0.465 e. The molecule has 6 nitrogen and oxygen atoms in total. The number of pyridine rings is 1. The lowest BCUT2D eigenvalue weighted by Crippen LogP contribution is -2.55. The molecule has 0 spiro atoms. The normalized spacial score (nSPS) is 20.2. The number of nitrogens with zero attached hydrogens (tertiary/aromatic N) is 2. The maximum absolute atomic E-state index is 13.7. The molecule has 1 fully saturated rings. The highest BCUT2D eigenvalue weighted by atomic mass is 35.5. The molecule has 1 saturated heterocycles. The van der Waals surface area contributed by atoms with E-state index in [4.69, 9.17) is 16.7 Å². The van der Waals surface area contributed by atoms with Crippen molar-refractivity contribution in [3.8, 4) is 0 Å². The van der Waals surface area contributed by atoms with Crippen LogP contribution in [0.5, 0.6) is 0 Å². The lowest BCUT2D eigenvalue weighted by atomic mass is 9.98. The van der Waals surface area contributed by atoms with Crippen LogP contribution in [0.15, 0.2) is 12.1 Å². The SMILES string of the molecule is O=C(O)NC[C@H]1CCC(F)(F)CN1C(=O)c1nc(Cl)ccc1F. The Balaban J connectivity index is 2.27. The Morgan fingerprint density at radius 1 is 1.48 bits per heavy atom. The zero-order chi connectivity index (χ0) is 17.2. The fraction of sp³-hybridized carbons (Fsp3) is 0.462. The van der Waals surface area contributed by atoms with Crippen LogP contribution in [-0.2, 0) is 0 Å². The first-order chi connectivity index (χ1) is 10.7. The van der Waals surface area contributed by atoms with Crippen molar-refractivity contribution >= 4 is 23.6 Å². The van der Waals surface area contributed by atoms with Gasteiger partial charge >= 0.3 is 6.09 Å². The Morgan fingerprint density at radius 3 is 2.83 bits per heavy atom. The molecule has 1 aliphatic rings. The van der Waals surface area contributed by atoms with Crippen LogP contribution < -0.4 is 5.32 Å². The summed E-state index contributed by atoms with van der Waals surface area (Å²) in [6.07, 6.45) is -1.96. The van der Waals surface area contributed by atoms with Crippen LogP contribution in [0.4, 0.5) is 18.0 Å². The van der Waals surface area contributed by atoms with Gasteiger partial charge in [0.2, 0.25) is 0 Å². The second-order valence-electron chi connectivity index (χ2n) is 5.13. The van der Waals surface area contributed by atoms with Gasteiger partial charge in [-0.1, -0.05) is 11.6 Å². The molecule has 2 N–H and O–H groups in total. The third-order valence-corrected chi connectivity index (χ3v) is 3.66. The van der Waals surface area contributed by atoms with Crippen LogP contribution in [0.25, 0.3) is 0 Å². The molecule has 0 radical (unpaired) electrons. The fourth-order valence-corrected chi connectivity index (χ4v) is 2.50. The van der Waals surface area contributed by atoms with E-state index in [9.17, 15) is 22.8 Å². The number of piperidine rings is 1. The quantitative estimate of drug-likeness (QED) is 0.819. The van der Waals surface area contributed by atoms with E-state index < -0.39 is 48.4 Å². The van der Waals surface area contributed by atoms with Gasteiger partial charge in [0, 0.05) is 13.0 Å². The Morgan fingerprint density at radius 2 is 2.17 bits per heavy atom. The van der Waals surface area contributed by atoms with Gasteiger partial charge in [-0.05, 0) is 18.6 Å². The van der Waals surface area contributed by atoms with E-state index in [1.165, 1.54) is 0 Å². The van der Waals surface area contributed by atoms with Crippen molar-refractivity contribution in [3.05, 3.63) is 28.8 Å². The number of carbonyl (C=O) groups is 2. The predicted molar refractivity (Wildman–Crippen MR) is 74.2 cm³/mol. The van der Waals surface area contributed by atoms with E-state index in [0.29, 0.717) is 0 Å². The van der Waals surface area contributed by atoms with Gasteiger partial charge in [-0.25, -0.2) is 22.9 Å². The summed E-state index contributed by atoms with van der Waals surface area (Å²) in [6.45, 7) is -1.18. The first kappa shape index (κ1) is 17.3. The minimum absolute atomic E-state index is 0.124. The van der Waals surface area contributed by atoms with Gasteiger partial charge in [-0.3, -0.25) is 4.79 Å². The second-order valence-corrected chi connectivity index (χ2v) is 5.52. The predicted octanol–water partition coefficient (Wildman–Crippen LogP) is 2.38. The molecular formula is C13H13ClF3N3O3. The standard InChI is InChI=1S/C13H13ClF3N3O3/c14-9-2-1-8(15)10(19-9)11(21)20-6-13(16,17)4-3-7(20)5-18-12(22)23/h1-2,7,18H,3-6H2,(H,22,23)/t7-/m1/s1. The molecular weight excluding hydrogens is 339 g/mol. The molecule has 0 bridgehead atoms. The molecule has 1 aromatic heterocycles. The molecule has 1 aliphatic heterocycles. The van der Waals surface area contributed by atoms with Gasteiger partial charge in [0.25, 0.3) is 11.8 Å². The molecule has 0 saturated carbocycles. The number of likely N-dealkylation sites (tertiary alicyclic amines) is 1. The van der Waals surface area contributed by atoms with Crippen molar-refractivity contribution in [3.63, 3.8) is 0 Å². The van der Waals surface area contributed by atoms with Crippen molar-refractivity contribution in [2.45, 2.75) is 24.8 Å². The number of carboxylic acid groups (broad SMARTS) is 1. The van der Waals surface area contributed by atoms with Crippen molar-refractivity contribution in [2.75, 3.05) is 13.1 Å². The van der Waals surface area contributed by atoms with Gasteiger partial charge in [0.1, 0.15) is 5.15 Å². The molecule has 0 aromatic carbocycles. The van der Waals surface area contributed by atoms with E-state index >= 15 is 0 Å². The maximum atomic E-state index is 13.7. The molecule has 0 unspecified atom stereocenters. The van der Waals surface area contributed by atoms with E-state index in [1.54, 1.807) is 0 Å². The van der Waals surface area contributed by atoms with Gasteiger partial charge in [0.05, 0.1) is 12.6 Å². The molecule has 0 aliphatic carbocycles. The minimum atomic E-state index is -3.13. The van der Waals surface area contributed by atoms with Crippen LogP contribution in [0.2, 0.25) is 5.15 Å². The zero-order valence-electron chi connectivity index (χ0n) is 11.7. The summed E-state index contributed by atoms with van der Waals surface area (Å²) in [7, 11) is 0. The Labute approximate surface area is 134 Å². The Kier molecular flexibility index (Phi) is 4.98. The number of rotatable bonds is 3. The molecule has 1 atom stereocenters.